The molecule has 22 heavy (non-hydrogen) atoms. The number of hydrogen-bond acceptors (Lipinski definition) is 4. The van der Waals surface area contributed by atoms with Crippen molar-refractivity contribution in [3.63, 3.8) is 0 Å². The molecule has 2 aromatic rings. The minimum atomic E-state index is -0.455. The molecule has 7 heteroatoms. The Hall–Kier alpha value is -2.15. The molecular formula is C15H18N4O2S. The Kier molecular flexibility index (Phi) is 4.24. The summed E-state index contributed by atoms with van der Waals surface area (Å²) in [5.74, 6) is -0.221. The molecule has 0 saturated carbocycles. The number of hydrogen-bond donors (Lipinski definition) is 2. The number of amides is 3. The van der Waals surface area contributed by atoms with Crippen LogP contribution in [-0.2, 0) is 11.3 Å². The van der Waals surface area contributed by atoms with E-state index in [0.717, 1.165) is 28.1 Å². The normalized spacial score (nSPS) is 18.4. The number of urea groups is 1. The maximum Gasteiger partial charge on any atom is 0.314 e. The Morgan fingerprint density at radius 2 is 2.23 bits per heavy atom. The first-order valence-corrected chi connectivity index (χ1v) is 8.11. The van der Waals surface area contributed by atoms with Crippen molar-refractivity contribution in [2.45, 2.75) is 19.4 Å². The lowest BCUT2D eigenvalue weighted by Gasteiger charge is -2.30. The highest BCUT2D eigenvalue weighted by Crippen LogP contribution is 2.22. The van der Waals surface area contributed by atoms with Gasteiger partial charge in [-0.25, -0.2) is 9.78 Å². The van der Waals surface area contributed by atoms with Crippen molar-refractivity contribution in [1.29, 1.82) is 0 Å². The molecule has 1 fully saturated rings. The van der Waals surface area contributed by atoms with E-state index in [1.807, 2.05) is 24.3 Å². The lowest BCUT2D eigenvalue weighted by Crippen LogP contribution is -2.47. The van der Waals surface area contributed by atoms with Crippen molar-refractivity contribution < 1.29 is 9.59 Å². The maximum atomic E-state index is 12.2. The zero-order valence-electron chi connectivity index (χ0n) is 12.1. The third-order valence-electron chi connectivity index (χ3n) is 3.86. The van der Waals surface area contributed by atoms with Crippen molar-refractivity contribution in [2.75, 3.05) is 13.1 Å². The predicted octanol–water partition coefficient (Wildman–Crippen LogP) is 1.70. The lowest BCUT2D eigenvalue weighted by molar-refractivity contribution is -0.126. The first kappa shape index (κ1) is 14.8. The highest BCUT2D eigenvalue weighted by atomic mass is 32.1. The molecule has 1 aliphatic heterocycles. The molecule has 2 heterocycles. The van der Waals surface area contributed by atoms with E-state index >= 15 is 0 Å². The predicted molar refractivity (Wildman–Crippen MR) is 85.3 cm³/mol. The average molecular weight is 318 g/mol. The second kappa shape index (κ2) is 6.31. The van der Waals surface area contributed by atoms with E-state index in [1.165, 1.54) is 4.90 Å². The molecule has 6 nitrogen and oxygen atoms in total. The molecule has 1 aliphatic rings. The SMILES string of the molecule is NC(=O)N1CCC[C@H](C(=O)NCc2nc3ccccc3s2)C1. The number of piperidine rings is 1. The Morgan fingerprint density at radius 3 is 3.00 bits per heavy atom. The fourth-order valence-corrected chi connectivity index (χ4v) is 3.60. The van der Waals surface area contributed by atoms with E-state index in [-0.39, 0.29) is 11.8 Å². The minimum absolute atomic E-state index is 0.0368. The first-order chi connectivity index (χ1) is 10.6. The molecule has 3 rings (SSSR count). The number of para-hydroxylation sites is 1. The van der Waals surface area contributed by atoms with Crippen LogP contribution in [0.15, 0.2) is 24.3 Å². The second-order valence-corrected chi connectivity index (χ2v) is 6.53. The number of carbonyl (C=O) groups is 2. The van der Waals surface area contributed by atoms with Gasteiger partial charge in [0.25, 0.3) is 0 Å². The Bertz CT molecular complexity index is 667. The van der Waals surface area contributed by atoms with Gasteiger partial charge in [0.1, 0.15) is 5.01 Å². The van der Waals surface area contributed by atoms with Crippen LogP contribution in [0.5, 0.6) is 0 Å². The molecule has 0 radical (unpaired) electrons. The Morgan fingerprint density at radius 1 is 1.41 bits per heavy atom. The van der Waals surface area contributed by atoms with Crippen LogP contribution in [0, 0.1) is 5.92 Å². The van der Waals surface area contributed by atoms with Gasteiger partial charge in [-0.3, -0.25) is 4.79 Å². The molecule has 0 unspecified atom stereocenters. The van der Waals surface area contributed by atoms with Crippen LogP contribution < -0.4 is 11.1 Å². The monoisotopic (exact) mass is 318 g/mol. The number of rotatable bonds is 3. The largest absolute Gasteiger partial charge is 0.351 e. The average Bonchev–Trinajstić information content (AvgIpc) is 2.95. The van der Waals surface area contributed by atoms with E-state index in [2.05, 4.69) is 10.3 Å². The van der Waals surface area contributed by atoms with E-state index in [4.69, 9.17) is 5.73 Å². The number of aromatic nitrogens is 1. The van der Waals surface area contributed by atoms with Gasteiger partial charge in [0.2, 0.25) is 5.91 Å². The number of primary amides is 1. The highest BCUT2D eigenvalue weighted by Gasteiger charge is 2.27. The van der Waals surface area contributed by atoms with Crippen LogP contribution in [0.2, 0.25) is 0 Å². The molecule has 3 amide bonds. The number of nitrogens with one attached hydrogen (secondary N) is 1. The highest BCUT2D eigenvalue weighted by molar-refractivity contribution is 7.18. The number of likely N-dealkylation sites (tertiary alicyclic amines) is 1. The summed E-state index contributed by atoms with van der Waals surface area (Å²) in [5.41, 5.74) is 6.24. The summed E-state index contributed by atoms with van der Waals surface area (Å²) in [6, 6.07) is 7.45. The van der Waals surface area contributed by atoms with E-state index in [0.29, 0.717) is 19.6 Å². The molecule has 116 valence electrons. The number of thiazole rings is 1. The van der Waals surface area contributed by atoms with E-state index in [9.17, 15) is 9.59 Å². The topological polar surface area (TPSA) is 88.3 Å². The quantitative estimate of drug-likeness (QED) is 0.903. The fraction of sp³-hybridized carbons (Fsp3) is 0.400. The number of fused-ring (bicyclic) bond motifs is 1. The van der Waals surface area contributed by atoms with Crippen molar-refractivity contribution in [2.24, 2.45) is 11.7 Å². The van der Waals surface area contributed by atoms with Gasteiger partial charge in [-0.05, 0) is 25.0 Å². The maximum absolute atomic E-state index is 12.2. The van der Waals surface area contributed by atoms with Crippen LogP contribution >= 0.6 is 11.3 Å². The van der Waals surface area contributed by atoms with Crippen molar-refractivity contribution in [3.8, 4) is 0 Å². The summed E-state index contributed by atoms with van der Waals surface area (Å²) in [7, 11) is 0. The molecule has 1 aromatic heterocycles. The number of benzene rings is 1. The van der Waals surface area contributed by atoms with Gasteiger partial charge in [0, 0.05) is 13.1 Å². The molecule has 0 aliphatic carbocycles. The zero-order chi connectivity index (χ0) is 15.5. The minimum Gasteiger partial charge on any atom is -0.351 e. The summed E-state index contributed by atoms with van der Waals surface area (Å²) in [5, 5.41) is 3.81. The van der Waals surface area contributed by atoms with Gasteiger partial charge < -0.3 is 16.0 Å². The standard InChI is InChI=1S/C15H18N4O2S/c16-15(21)19-7-3-4-10(9-19)14(20)17-8-13-18-11-5-1-2-6-12(11)22-13/h1-2,5-6,10H,3-4,7-9H2,(H2,16,21)(H,17,20)/t10-/m0/s1. The summed E-state index contributed by atoms with van der Waals surface area (Å²) in [6.45, 7) is 1.46. The first-order valence-electron chi connectivity index (χ1n) is 7.30. The smallest absolute Gasteiger partial charge is 0.314 e. The van der Waals surface area contributed by atoms with Gasteiger partial charge in [-0.1, -0.05) is 12.1 Å². The summed E-state index contributed by atoms with van der Waals surface area (Å²) >= 11 is 1.58. The van der Waals surface area contributed by atoms with Crippen LogP contribution in [0.3, 0.4) is 0 Å². The van der Waals surface area contributed by atoms with E-state index < -0.39 is 6.03 Å². The third kappa shape index (κ3) is 3.19. The number of nitrogens with two attached hydrogens (primary N) is 1. The van der Waals surface area contributed by atoms with E-state index in [1.54, 1.807) is 11.3 Å². The van der Waals surface area contributed by atoms with Crippen LogP contribution in [0.1, 0.15) is 17.8 Å². The zero-order valence-corrected chi connectivity index (χ0v) is 12.9. The fourth-order valence-electron chi connectivity index (χ4n) is 2.69. The van der Waals surface area contributed by atoms with Gasteiger partial charge in [-0.15, -0.1) is 11.3 Å². The second-order valence-electron chi connectivity index (χ2n) is 5.42. The number of nitrogens with zero attached hydrogens (tertiary/aromatic N) is 2. The van der Waals surface area contributed by atoms with Crippen LogP contribution in [0.25, 0.3) is 10.2 Å². The molecule has 1 saturated heterocycles. The van der Waals surface area contributed by atoms with Gasteiger partial charge in [-0.2, -0.15) is 0 Å². The van der Waals surface area contributed by atoms with Gasteiger partial charge in [0.05, 0.1) is 22.7 Å². The molecular weight excluding hydrogens is 300 g/mol. The molecule has 0 bridgehead atoms. The Balaban J connectivity index is 1.58. The van der Waals surface area contributed by atoms with Crippen LogP contribution in [-0.4, -0.2) is 34.9 Å². The Labute approximate surface area is 132 Å². The summed E-state index contributed by atoms with van der Waals surface area (Å²) < 4.78 is 1.12. The third-order valence-corrected chi connectivity index (χ3v) is 4.89. The van der Waals surface area contributed by atoms with Crippen molar-refractivity contribution >= 4 is 33.5 Å². The van der Waals surface area contributed by atoms with Gasteiger partial charge >= 0.3 is 6.03 Å². The van der Waals surface area contributed by atoms with Crippen molar-refractivity contribution in [3.05, 3.63) is 29.3 Å². The molecule has 0 spiro atoms. The van der Waals surface area contributed by atoms with Crippen molar-refractivity contribution in [1.82, 2.24) is 15.2 Å². The molecule has 3 N–H and O–H groups in total. The van der Waals surface area contributed by atoms with Crippen LogP contribution in [0.4, 0.5) is 4.79 Å². The summed E-state index contributed by atoms with van der Waals surface area (Å²) in [6.07, 6.45) is 1.59. The van der Waals surface area contributed by atoms with Gasteiger partial charge in [0.15, 0.2) is 0 Å². The number of carbonyl (C=O) groups excluding carboxylic acids is 2. The lowest BCUT2D eigenvalue weighted by atomic mass is 9.97. The molecule has 1 aromatic carbocycles. The summed E-state index contributed by atoms with van der Waals surface area (Å²) in [4.78, 5) is 29.5. The molecule has 1 atom stereocenters.